The van der Waals surface area contributed by atoms with E-state index in [1.807, 2.05) is 6.07 Å². The zero-order chi connectivity index (χ0) is 13.8. The van der Waals surface area contributed by atoms with Gasteiger partial charge >= 0.3 is 0 Å². The van der Waals surface area contributed by atoms with Gasteiger partial charge in [0.15, 0.2) is 0 Å². The molecule has 0 aliphatic carbocycles. The van der Waals surface area contributed by atoms with Gasteiger partial charge in [-0.05, 0) is 31.2 Å². The lowest BCUT2D eigenvalue weighted by Crippen LogP contribution is -2.10. The molecule has 0 aliphatic heterocycles. The van der Waals surface area contributed by atoms with E-state index < -0.39 is 0 Å². The van der Waals surface area contributed by atoms with Gasteiger partial charge in [-0.15, -0.1) is 0 Å². The molecule has 1 heterocycles. The van der Waals surface area contributed by atoms with Gasteiger partial charge in [-0.1, -0.05) is 23.7 Å². The van der Waals surface area contributed by atoms with Crippen LogP contribution < -0.4 is 5.32 Å². The molecule has 1 aromatic heterocycles. The number of pyridine rings is 1. The van der Waals surface area contributed by atoms with Crippen molar-refractivity contribution < 1.29 is 4.39 Å². The summed E-state index contributed by atoms with van der Waals surface area (Å²) in [5.41, 5.74) is 0.685. The molecule has 1 N–H and O–H groups in total. The quantitative estimate of drug-likeness (QED) is 0.924. The molecule has 0 bridgehead atoms. The second kappa shape index (κ2) is 5.68. The molecular weight excluding hydrogens is 265 g/mol. The molecule has 0 fully saturated rings. The van der Waals surface area contributed by atoms with Crippen LogP contribution in [-0.2, 0) is 0 Å². The van der Waals surface area contributed by atoms with Crippen molar-refractivity contribution in [2.75, 3.05) is 5.32 Å². The Morgan fingerprint density at radius 3 is 2.74 bits per heavy atom. The fourth-order valence-corrected chi connectivity index (χ4v) is 2.12. The third-order valence-corrected chi connectivity index (χ3v) is 2.99. The zero-order valence-corrected chi connectivity index (χ0v) is 10.9. The molecule has 1 atom stereocenters. The Hall–Kier alpha value is -2.12. The summed E-state index contributed by atoms with van der Waals surface area (Å²) >= 11 is 6.00. The molecule has 2 rings (SSSR count). The van der Waals surface area contributed by atoms with Gasteiger partial charge in [-0.25, -0.2) is 9.37 Å². The molecule has 1 unspecified atom stereocenters. The van der Waals surface area contributed by atoms with Crippen LogP contribution in [0, 0.1) is 17.1 Å². The van der Waals surface area contributed by atoms with E-state index in [-0.39, 0.29) is 11.9 Å². The van der Waals surface area contributed by atoms with E-state index in [2.05, 4.69) is 10.3 Å². The lowest BCUT2D eigenvalue weighted by molar-refractivity contribution is 0.600. The summed E-state index contributed by atoms with van der Waals surface area (Å²) in [6.07, 6.45) is 0. The van der Waals surface area contributed by atoms with Crippen molar-refractivity contribution in [1.29, 1.82) is 5.26 Å². The average Bonchev–Trinajstić information content (AvgIpc) is 2.38. The number of nitriles is 1. The van der Waals surface area contributed by atoms with Crippen LogP contribution >= 0.6 is 11.6 Å². The Morgan fingerprint density at radius 2 is 2.05 bits per heavy atom. The van der Waals surface area contributed by atoms with Gasteiger partial charge in [0.05, 0.1) is 6.04 Å². The first-order valence-corrected chi connectivity index (χ1v) is 6.07. The molecule has 0 radical (unpaired) electrons. The van der Waals surface area contributed by atoms with E-state index in [1.54, 1.807) is 37.3 Å². The maximum atomic E-state index is 13.8. The Balaban J connectivity index is 2.26. The number of benzene rings is 1. The summed E-state index contributed by atoms with van der Waals surface area (Å²) in [5.74, 6) is 0.134. The second-order valence-electron chi connectivity index (χ2n) is 4.02. The number of halogens is 2. The van der Waals surface area contributed by atoms with Crippen molar-refractivity contribution in [3.63, 3.8) is 0 Å². The number of nitrogens with one attached hydrogen (secondary N) is 1. The molecular formula is C14H11ClFN3. The number of aromatic nitrogens is 1. The van der Waals surface area contributed by atoms with E-state index in [1.165, 1.54) is 6.07 Å². The minimum atomic E-state index is -0.371. The van der Waals surface area contributed by atoms with Gasteiger partial charge in [-0.2, -0.15) is 5.26 Å². The van der Waals surface area contributed by atoms with Gasteiger partial charge in [0.25, 0.3) is 0 Å². The summed E-state index contributed by atoms with van der Waals surface area (Å²) in [7, 11) is 0. The topological polar surface area (TPSA) is 48.7 Å². The minimum Gasteiger partial charge on any atom is -0.363 e. The molecule has 2 aromatic rings. The van der Waals surface area contributed by atoms with Crippen LogP contribution in [0.1, 0.15) is 24.2 Å². The molecule has 3 nitrogen and oxygen atoms in total. The predicted molar refractivity (Wildman–Crippen MR) is 72.4 cm³/mol. The van der Waals surface area contributed by atoms with E-state index in [0.29, 0.717) is 22.1 Å². The zero-order valence-electron chi connectivity index (χ0n) is 10.2. The smallest absolute Gasteiger partial charge is 0.142 e. The fourth-order valence-electron chi connectivity index (χ4n) is 1.80. The van der Waals surface area contributed by atoms with Crippen molar-refractivity contribution in [1.82, 2.24) is 4.98 Å². The summed E-state index contributed by atoms with van der Waals surface area (Å²) in [4.78, 5) is 4.08. The van der Waals surface area contributed by atoms with Crippen molar-refractivity contribution in [2.45, 2.75) is 13.0 Å². The maximum Gasteiger partial charge on any atom is 0.142 e. The Labute approximate surface area is 115 Å². The number of rotatable bonds is 3. The fraction of sp³-hybridized carbons (Fsp3) is 0.143. The maximum absolute atomic E-state index is 13.8. The molecule has 19 heavy (non-hydrogen) atoms. The largest absolute Gasteiger partial charge is 0.363 e. The number of hydrogen-bond donors (Lipinski definition) is 1. The molecule has 1 aromatic carbocycles. The highest BCUT2D eigenvalue weighted by atomic mass is 35.5. The third kappa shape index (κ3) is 3.01. The van der Waals surface area contributed by atoms with Crippen LogP contribution in [-0.4, -0.2) is 4.98 Å². The van der Waals surface area contributed by atoms with Crippen molar-refractivity contribution in [2.24, 2.45) is 0 Å². The standard InChI is InChI=1S/C14H11ClFN3/c1-9(14-11(15)5-3-6-12(14)16)18-13-7-2-4-10(8-17)19-13/h2-7,9H,1H3,(H,18,19). The molecule has 96 valence electrons. The highest BCUT2D eigenvalue weighted by molar-refractivity contribution is 6.31. The van der Waals surface area contributed by atoms with E-state index in [0.717, 1.165) is 0 Å². The minimum absolute atomic E-state index is 0.303. The van der Waals surface area contributed by atoms with Crippen LogP contribution in [0.25, 0.3) is 0 Å². The van der Waals surface area contributed by atoms with Gasteiger partial charge in [0, 0.05) is 10.6 Å². The lowest BCUT2D eigenvalue weighted by Gasteiger charge is -2.17. The summed E-state index contributed by atoms with van der Waals surface area (Å²) in [5, 5.41) is 12.2. The van der Waals surface area contributed by atoms with E-state index in [4.69, 9.17) is 16.9 Å². The highest BCUT2D eigenvalue weighted by Gasteiger charge is 2.15. The number of anilines is 1. The third-order valence-electron chi connectivity index (χ3n) is 2.66. The van der Waals surface area contributed by atoms with Crippen LogP contribution in [0.2, 0.25) is 5.02 Å². The average molecular weight is 276 g/mol. The first-order valence-electron chi connectivity index (χ1n) is 5.69. The van der Waals surface area contributed by atoms with Crippen LogP contribution in [0.15, 0.2) is 36.4 Å². The molecule has 0 saturated carbocycles. The lowest BCUT2D eigenvalue weighted by atomic mass is 10.1. The van der Waals surface area contributed by atoms with Crippen LogP contribution in [0.5, 0.6) is 0 Å². The second-order valence-corrected chi connectivity index (χ2v) is 4.43. The first-order chi connectivity index (χ1) is 9.11. The predicted octanol–water partition coefficient (Wildman–Crippen LogP) is 3.92. The van der Waals surface area contributed by atoms with Crippen molar-refractivity contribution in [3.05, 3.63) is 58.5 Å². The van der Waals surface area contributed by atoms with Crippen LogP contribution in [0.4, 0.5) is 10.2 Å². The summed E-state index contributed by atoms with van der Waals surface area (Å²) in [6, 6.07) is 11.2. The Kier molecular flexibility index (Phi) is 3.98. The van der Waals surface area contributed by atoms with Gasteiger partial charge in [0.1, 0.15) is 23.4 Å². The molecule has 0 aliphatic rings. The van der Waals surface area contributed by atoms with Gasteiger partial charge in [-0.3, -0.25) is 0 Å². The Bertz CT molecular complexity index is 617. The van der Waals surface area contributed by atoms with E-state index in [9.17, 15) is 4.39 Å². The molecule has 0 amide bonds. The Morgan fingerprint density at radius 1 is 1.32 bits per heavy atom. The van der Waals surface area contributed by atoms with Gasteiger partial charge < -0.3 is 5.32 Å². The van der Waals surface area contributed by atoms with Gasteiger partial charge in [0.2, 0.25) is 0 Å². The van der Waals surface area contributed by atoms with Crippen molar-refractivity contribution >= 4 is 17.4 Å². The SMILES string of the molecule is CC(Nc1cccc(C#N)n1)c1c(F)cccc1Cl. The number of hydrogen-bond acceptors (Lipinski definition) is 3. The van der Waals surface area contributed by atoms with E-state index >= 15 is 0 Å². The van der Waals surface area contributed by atoms with Crippen LogP contribution in [0.3, 0.4) is 0 Å². The normalized spacial score (nSPS) is 11.7. The molecule has 5 heteroatoms. The monoisotopic (exact) mass is 275 g/mol. The number of nitrogens with zero attached hydrogens (tertiary/aromatic N) is 2. The first kappa shape index (κ1) is 13.3. The molecule has 0 spiro atoms. The summed E-state index contributed by atoms with van der Waals surface area (Å²) < 4.78 is 13.8. The highest BCUT2D eigenvalue weighted by Crippen LogP contribution is 2.27. The summed E-state index contributed by atoms with van der Waals surface area (Å²) in [6.45, 7) is 1.78. The van der Waals surface area contributed by atoms with Crippen molar-refractivity contribution in [3.8, 4) is 6.07 Å². The molecule has 0 saturated heterocycles.